The first kappa shape index (κ1) is 20.4. The van der Waals surface area contributed by atoms with Gasteiger partial charge in [-0.1, -0.05) is 37.3 Å². The van der Waals surface area contributed by atoms with E-state index in [-0.39, 0.29) is 6.61 Å². The molecule has 1 aromatic carbocycles. The fourth-order valence-electron chi connectivity index (χ4n) is 2.52. The molecule has 0 aliphatic carbocycles. The van der Waals surface area contributed by atoms with E-state index >= 15 is 0 Å². The van der Waals surface area contributed by atoms with E-state index < -0.39 is 24.1 Å². The number of ether oxygens (including phenoxy) is 1. The van der Waals surface area contributed by atoms with Gasteiger partial charge in [0.1, 0.15) is 21.6 Å². The summed E-state index contributed by atoms with van der Waals surface area (Å²) < 4.78 is 8.06. The second kappa shape index (κ2) is 9.18. The second-order valence-electron chi connectivity index (χ2n) is 5.60. The zero-order valence-corrected chi connectivity index (χ0v) is 17.4. The number of nitrogens with one attached hydrogen (secondary N) is 1. The van der Waals surface area contributed by atoms with Crippen molar-refractivity contribution in [2.45, 2.75) is 39.0 Å². The average molecular weight is 489 g/mol. The summed E-state index contributed by atoms with van der Waals surface area (Å²) in [6.45, 7) is 3.68. The lowest BCUT2D eigenvalue weighted by Crippen LogP contribution is -2.46. The number of rotatable bonds is 7. The Morgan fingerprint density at radius 1 is 1.31 bits per heavy atom. The number of hydrogen-bond donors (Lipinski definition) is 2. The largest absolute Gasteiger partial charge is 0.480 e. The van der Waals surface area contributed by atoms with Gasteiger partial charge < -0.3 is 19.7 Å². The van der Waals surface area contributed by atoms with Gasteiger partial charge in [-0.05, 0) is 44.3 Å². The van der Waals surface area contributed by atoms with Crippen LogP contribution in [0.2, 0.25) is 0 Å². The normalized spacial score (nSPS) is 13.1. The molecule has 140 valence electrons. The summed E-state index contributed by atoms with van der Waals surface area (Å²) in [5, 5.41) is 12.0. The van der Waals surface area contributed by atoms with Crippen LogP contribution in [0.5, 0.6) is 0 Å². The van der Waals surface area contributed by atoms with Gasteiger partial charge in [-0.15, -0.1) is 0 Å². The highest BCUT2D eigenvalue weighted by atomic mass is 79.9. The predicted octanol–water partition coefficient (Wildman–Crippen LogP) is 3.91. The van der Waals surface area contributed by atoms with Crippen LogP contribution >= 0.6 is 31.9 Å². The summed E-state index contributed by atoms with van der Waals surface area (Å²) in [6.07, 6.45) is -0.180. The molecule has 1 heterocycles. The molecule has 0 bridgehead atoms. The quantitative estimate of drug-likeness (QED) is 0.616. The Kier molecular flexibility index (Phi) is 7.22. The molecule has 0 aliphatic rings. The smallest absolute Gasteiger partial charge is 0.408 e. The molecule has 1 amide bonds. The number of aliphatic carboxylic acids is 1. The summed E-state index contributed by atoms with van der Waals surface area (Å²) in [4.78, 5) is 28.1. The van der Waals surface area contributed by atoms with Gasteiger partial charge in [0.2, 0.25) is 0 Å². The highest BCUT2D eigenvalue weighted by Gasteiger charge is 2.31. The van der Waals surface area contributed by atoms with Gasteiger partial charge in [-0.3, -0.25) is 0 Å². The van der Waals surface area contributed by atoms with Crippen LogP contribution < -0.4 is 5.32 Å². The van der Waals surface area contributed by atoms with E-state index in [2.05, 4.69) is 42.2 Å². The molecule has 0 saturated heterocycles. The first-order chi connectivity index (χ1) is 12.3. The lowest BCUT2D eigenvalue weighted by molar-refractivity contribution is -0.140. The Balaban J connectivity index is 2.11. The fraction of sp³-hybridized carbons (Fsp3) is 0.353. The van der Waals surface area contributed by atoms with Crippen LogP contribution in [-0.4, -0.2) is 32.8 Å². The van der Waals surface area contributed by atoms with Crippen LogP contribution in [0.1, 0.15) is 31.3 Å². The molecule has 2 N–H and O–H groups in total. The molecule has 9 heteroatoms. The summed E-state index contributed by atoms with van der Waals surface area (Å²) in [5.74, 6) is -0.463. The van der Waals surface area contributed by atoms with Crippen LogP contribution in [-0.2, 0) is 22.6 Å². The molecule has 0 fully saturated rings. The molecule has 1 aromatic heterocycles. The van der Waals surface area contributed by atoms with E-state index in [0.717, 1.165) is 5.56 Å². The molecule has 2 unspecified atom stereocenters. The third-order valence-corrected chi connectivity index (χ3v) is 5.69. The maximum atomic E-state index is 12.1. The Morgan fingerprint density at radius 3 is 2.54 bits per heavy atom. The standard InChI is InChI=1S/C17H19Br2N3O4/c1-3-12-20-14(18)15(19)22(12)10(2)13(16(23)24)21-17(25)26-9-11-7-5-4-6-8-11/h4-8,10,13H,3,9H2,1-2H3,(H,21,25)(H,23,24). The minimum atomic E-state index is -1.18. The molecule has 2 atom stereocenters. The van der Waals surface area contributed by atoms with E-state index in [9.17, 15) is 14.7 Å². The monoisotopic (exact) mass is 487 g/mol. The molecule has 0 radical (unpaired) electrons. The number of aromatic nitrogens is 2. The molecule has 26 heavy (non-hydrogen) atoms. The topological polar surface area (TPSA) is 93.5 Å². The molecule has 2 rings (SSSR count). The summed E-state index contributed by atoms with van der Waals surface area (Å²) in [7, 11) is 0. The fourth-order valence-corrected chi connectivity index (χ4v) is 3.53. The number of carbonyl (C=O) groups excluding carboxylic acids is 1. The van der Waals surface area contributed by atoms with E-state index in [1.54, 1.807) is 11.5 Å². The van der Waals surface area contributed by atoms with E-state index in [1.807, 2.05) is 37.3 Å². The highest BCUT2D eigenvalue weighted by molar-refractivity contribution is 9.13. The number of carboxylic acid groups (broad SMARTS) is 1. The van der Waals surface area contributed by atoms with Crippen molar-refractivity contribution in [1.82, 2.24) is 14.9 Å². The van der Waals surface area contributed by atoms with Crippen molar-refractivity contribution >= 4 is 43.9 Å². The summed E-state index contributed by atoms with van der Waals surface area (Å²) in [5.41, 5.74) is 0.817. The van der Waals surface area contributed by atoms with Crippen molar-refractivity contribution in [1.29, 1.82) is 0 Å². The van der Waals surface area contributed by atoms with Crippen molar-refractivity contribution < 1.29 is 19.4 Å². The van der Waals surface area contributed by atoms with E-state index in [4.69, 9.17) is 4.74 Å². The van der Waals surface area contributed by atoms with Gasteiger partial charge in [0.15, 0.2) is 6.04 Å². The molecule has 0 spiro atoms. The van der Waals surface area contributed by atoms with Crippen molar-refractivity contribution in [3.05, 3.63) is 50.9 Å². The first-order valence-electron chi connectivity index (χ1n) is 7.97. The van der Waals surface area contributed by atoms with E-state index in [0.29, 0.717) is 21.5 Å². The zero-order chi connectivity index (χ0) is 19.3. The van der Waals surface area contributed by atoms with Crippen molar-refractivity contribution in [2.24, 2.45) is 0 Å². The number of amides is 1. The van der Waals surface area contributed by atoms with Gasteiger partial charge in [0, 0.05) is 6.42 Å². The highest BCUT2D eigenvalue weighted by Crippen LogP contribution is 2.29. The molecular weight excluding hydrogens is 470 g/mol. The lowest BCUT2D eigenvalue weighted by Gasteiger charge is -2.24. The molecular formula is C17H19Br2N3O4. The van der Waals surface area contributed by atoms with Crippen molar-refractivity contribution in [2.75, 3.05) is 0 Å². The van der Waals surface area contributed by atoms with Gasteiger partial charge in [0.05, 0.1) is 6.04 Å². The summed E-state index contributed by atoms with van der Waals surface area (Å²) in [6, 6.07) is 7.40. The number of aryl methyl sites for hydroxylation is 1. The lowest BCUT2D eigenvalue weighted by atomic mass is 10.1. The van der Waals surface area contributed by atoms with Crippen LogP contribution in [0.4, 0.5) is 4.79 Å². The second-order valence-corrected chi connectivity index (χ2v) is 7.10. The number of carboxylic acids is 1. The van der Waals surface area contributed by atoms with E-state index in [1.165, 1.54) is 0 Å². The predicted molar refractivity (Wildman–Crippen MR) is 103 cm³/mol. The average Bonchev–Trinajstić information content (AvgIpc) is 2.92. The Hall–Kier alpha value is -1.87. The minimum absolute atomic E-state index is 0.0634. The van der Waals surface area contributed by atoms with Crippen LogP contribution in [0.15, 0.2) is 39.5 Å². The minimum Gasteiger partial charge on any atom is -0.480 e. The van der Waals surface area contributed by atoms with Crippen LogP contribution in [0.25, 0.3) is 0 Å². The summed E-state index contributed by atoms with van der Waals surface area (Å²) >= 11 is 6.73. The number of benzene rings is 1. The van der Waals surface area contributed by atoms with Gasteiger partial charge in [0.25, 0.3) is 0 Å². The molecule has 0 aliphatic heterocycles. The molecule has 0 saturated carbocycles. The third kappa shape index (κ3) is 4.85. The molecule has 2 aromatic rings. The zero-order valence-electron chi connectivity index (χ0n) is 14.3. The van der Waals surface area contributed by atoms with Crippen LogP contribution in [0.3, 0.4) is 0 Å². The Labute approximate surface area is 168 Å². The first-order valence-corrected chi connectivity index (χ1v) is 9.55. The number of halogens is 2. The number of alkyl carbamates (subject to hydrolysis) is 1. The number of nitrogens with zero attached hydrogens (tertiary/aromatic N) is 2. The van der Waals surface area contributed by atoms with Crippen molar-refractivity contribution in [3.8, 4) is 0 Å². The third-order valence-electron chi connectivity index (χ3n) is 3.85. The van der Waals surface area contributed by atoms with Gasteiger partial charge >= 0.3 is 12.1 Å². The van der Waals surface area contributed by atoms with Crippen LogP contribution in [0, 0.1) is 0 Å². The van der Waals surface area contributed by atoms with Crippen molar-refractivity contribution in [3.63, 3.8) is 0 Å². The Morgan fingerprint density at radius 2 is 1.96 bits per heavy atom. The number of hydrogen-bond acceptors (Lipinski definition) is 4. The number of carbonyl (C=O) groups is 2. The molecule has 7 nitrogen and oxygen atoms in total. The van der Waals surface area contributed by atoms with Gasteiger partial charge in [-0.2, -0.15) is 0 Å². The maximum absolute atomic E-state index is 12.1. The Bertz CT molecular complexity index is 780. The number of imidazole rings is 1. The van der Waals surface area contributed by atoms with Gasteiger partial charge in [-0.25, -0.2) is 14.6 Å². The maximum Gasteiger partial charge on any atom is 0.408 e. The SMILES string of the molecule is CCc1nc(Br)c(Br)n1C(C)C(NC(=O)OCc1ccccc1)C(=O)O.